The fraction of sp³-hybridized carbons (Fsp3) is 0.308. The van der Waals surface area contributed by atoms with Crippen LogP contribution in [0.1, 0.15) is 53.9 Å². The van der Waals surface area contributed by atoms with Gasteiger partial charge in [0, 0.05) is 5.92 Å². The summed E-state index contributed by atoms with van der Waals surface area (Å²) in [6.45, 7) is 5.15. The molecule has 3 aromatic rings. The monoisotopic (exact) mass is 477 g/mol. The fourth-order valence-electron chi connectivity index (χ4n) is 4.23. The third-order valence-electron chi connectivity index (χ3n) is 6.02. The van der Waals surface area contributed by atoms with Crippen LogP contribution in [0.2, 0.25) is 0 Å². The van der Waals surface area contributed by atoms with Crippen LogP contribution >= 0.6 is 0 Å². The molecule has 182 valence electrons. The van der Waals surface area contributed by atoms with Gasteiger partial charge in [-0.3, -0.25) is 4.79 Å². The number of alkyl carbamates (subject to hydrolysis) is 1. The minimum Gasteiger partial charge on any atom is -0.480 e. The van der Waals surface area contributed by atoms with Gasteiger partial charge in [0.05, 0.1) is 6.54 Å². The molecule has 4 rings (SSSR count). The maximum atomic E-state index is 12.6. The number of carbonyl (C=O) groups is 3. The van der Waals surface area contributed by atoms with Gasteiger partial charge in [0.2, 0.25) is 0 Å². The Morgan fingerprint density at radius 3 is 2.23 bits per heavy atom. The molecule has 1 aliphatic rings. The summed E-state index contributed by atoms with van der Waals surface area (Å²) >= 11 is 0. The summed E-state index contributed by atoms with van der Waals surface area (Å²) in [5.41, 5.74) is 3.95. The highest BCUT2D eigenvalue weighted by molar-refractivity contribution is 5.97. The molecule has 0 fully saturated rings. The number of carboxylic acid groups (broad SMARTS) is 1. The van der Waals surface area contributed by atoms with Crippen LogP contribution in [-0.4, -0.2) is 40.9 Å². The number of aliphatic carboxylic acids is 1. The summed E-state index contributed by atoms with van der Waals surface area (Å²) in [6, 6.07) is 14.9. The van der Waals surface area contributed by atoms with Crippen LogP contribution in [0.25, 0.3) is 11.1 Å². The number of rotatable bonds is 7. The average Bonchev–Trinajstić information content (AvgIpc) is 3.41. The van der Waals surface area contributed by atoms with Crippen LogP contribution in [0.3, 0.4) is 0 Å². The Kier molecular flexibility index (Phi) is 6.59. The average molecular weight is 478 g/mol. The standard InChI is InChI=1S/C26H27N3O6/c1-26(2,3)22(24(31)32)28-23(30)20-14-35-29-21(20)12-27-25(33)34-13-19-17-10-6-4-8-15(17)16-9-5-7-11-18(16)19/h4-11,14,19,22H,12-13H2,1-3H3,(H,27,33)(H,28,30)(H,31,32). The van der Waals surface area contributed by atoms with E-state index in [1.807, 2.05) is 36.4 Å². The summed E-state index contributed by atoms with van der Waals surface area (Å²) in [4.78, 5) is 36.6. The van der Waals surface area contributed by atoms with Crippen LogP contribution in [0.5, 0.6) is 0 Å². The maximum absolute atomic E-state index is 12.6. The van der Waals surface area contributed by atoms with Crippen molar-refractivity contribution in [2.75, 3.05) is 6.61 Å². The van der Waals surface area contributed by atoms with Gasteiger partial charge in [-0.1, -0.05) is 74.5 Å². The Labute approximate surface area is 202 Å². The van der Waals surface area contributed by atoms with Gasteiger partial charge in [0.1, 0.15) is 30.2 Å². The molecule has 1 aliphatic carbocycles. The number of carboxylic acids is 1. The Bertz CT molecular complexity index is 1210. The molecule has 2 aromatic carbocycles. The summed E-state index contributed by atoms with van der Waals surface area (Å²) < 4.78 is 10.4. The number of ether oxygens (including phenoxy) is 1. The Morgan fingerprint density at radius 2 is 1.66 bits per heavy atom. The van der Waals surface area contributed by atoms with Crippen LogP contribution < -0.4 is 10.6 Å². The van der Waals surface area contributed by atoms with Gasteiger partial charge in [-0.15, -0.1) is 0 Å². The highest BCUT2D eigenvalue weighted by Crippen LogP contribution is 2.44. The third-order valence-corrected chi connectivity index (χ3v) is 6.02. The van der Waals surface area contributed by atoms with E-state index in [9.17, 15) is 19.5 Å². The number of carbonyl (C=O) groups excluding carboxylic acids is 2. The maximum Gasteiger partial charge on any atom is 0.407 e. The van der Waals surface area contributed by atoms with Gasteiger partial charge in [0.25, 0.3) is 5.91 Å². The molecule has 0 bridgehead atoms. The summed E-state index contributed by atoms with van der Waals surface area (Å²) in [6.07, 6.45) is 0.449. The summed E-state index contributed by atoms with van der Waals surface area (Å²) in [5, 5.41) is 18.3. The first-order valence-corrected chi connectivity index (χ1v) is 11.2. The molecule has 0 saturated carbocycles. The molecule has 0 spiro atoms. The molecule has 1 unspecified atom stereocenters. The van der Waals surface area contributed by atoms with E-state index >= 15 is 0 Å². The topological polar surface area (TPSA) is 131 Å². The fourth-order valence-corrected chi connectivity index (χ4v) is 4.23. The molecular formula is C26H27N3O6. The largest absolute Gasteiger partial charge is 0.480 e. The number of nitrogens with one attached hydrogen (secondary N) is 2. The molecule has 0 aliphatic heterocycles. The first-order chi connectivity index (χ1) is 16.7. The van der Waals surface area contributed by atoms with Crippen molar-refractivity contribution in [2.24, 2.45) is 5.41 Å². The number of nitrogens with zero attached hydrogens (tertiary/aromatic N) is 1. The van der Waals surface area contributed by atoms with Crippen molar-refractivity contribution in [3.05, 3.63) is 77.2 Å². The van der Waals surface area contributed by atoms with E-state index in [1.165, 1.54) is 0 Å². The van der Waals surface area contributed by atoms with E-state index in [0.29, 0.717) is 0 Å². The van der Waals surface area contributed by atoms with E-state index < -0.39 is 29.4 Å². The normalized spacial score (nSPS) is 13.5. The van der Waals surface area contributed by atoms with E-state index in [2.05, 4.69) is 27.9 Å². The van der Waals surface area contributed by atoms with Crippen molar-refractivity contribution in [3.63, 3.8) is 0 Å². The molecule has 2 amide bonds. The Morgan fingerprint density at radius 1 is 1.06 bits per heavy atom. The van der Waals surface area contributed by atoms with Crippen molar-refractivity contribution >= 4 is 18.0 Å². The second-order valence-corrected chi connectivity index (χ2v) is 9.46. The molecule has 1 atom stereocenters. The first-order valence-electron chi connectivity index (χ1n) is 11.2. The summed E-state index contributed by atoms with van der Waals surface area (Å²) in [7, 11) is 0. The number of hydrogen-bond donors (Lipinski definition) is 3. The Hall–Kier alpha value is -4.14. The zero-order chi connectivity index (χ0) is 25.2. The van der Waals surface area contributed by atoms with Crippen molar-refractivity contribution in [2.45, 2.75) is 39.3 Å². The smallest absolute Gasteiger partial charge is 0.407 e. The van der Waals surface area contributed by atoms with Crippen LogP contribution in [0.4, 0.5) is 4.79 Å². The minimum atomic E-state index is -1.15. The van der Waals surface area contributed by atoms with Crippen molar-refractivity contribution in [1.82, 2.24) is 15.8 Å². The molecule has 9 nitrogen and oxygen atoms in total. The Balaban J connectivity index is 1.37. The van der Waals surface area contributed by atoms with E-state index in [1.54, 1.807) is 20.8 Å². The quantitative estimate of drug-likeness (QED) is 0.470. The lowest BCUT2D eigenvalue weighted by atomic mass is 9.86. The van der Waals surface area contributed by atoms with Crippen molar-refractivity contribution < 1.29 is 28.8 Å². The highest BCUT2D eigenvalue weighted by Gasteiger charge is 2.34. The molecular weight excluding hydrogens is 450 g/mol. The lowest BCUT2D eigenvalue weighted by molar-refractivity contribution is -0.142. The first kappa shape index (κ1) is 24.0. The molecule has 3 N–H and O–H groups in total. The summed E-state index contributed by atoms with van der Waals surface area (Å²) in [5.74, 6) is -1.88. The number of fused-ring (bicyclic) bond motifs is 3. The number of amides is 2. The van der Waals surface area contributed by atoms with Gasteiger partial charge in [-0.2, -0.15) is 0 Å². The van der Waals surface area contributed by atoms with Crippen LogP contribution in [0.15, 0.2) is 59.3 Å². The predicted molar refractivity (Wildman–Crippen MR) is 127 cm³/mol. The van der Waals surface area contributed by atoms with Gasteiger partial charge < -0.3 is 25.0 Å². The molecule has 9 heteroatoms. The molecule has 0 radical (unpaired) electrons. The van der Waals surface area contributed by atoms with Gasteiger partial charge in [-0.25, -0.2) is 9.59 Å². The van der Waals surface area contributed by atoms with E-state index in [-0.39, 0.29) is 30.3 Å². The van der Waals surface area contributed by atoms with Gasteiger partial charge in [0.15, 0.2) is 0 Å². The van der Waals surface area contributed by atoms with E-state index in [0.717, 1.165) is 28.5 Å². The minimum absolute atomic E-state index is 0.0412. The van der Waals surface area contributed by atoms with Crippen LogP contribution in [-0.2, 0) is 16.1 Å². The van der Waals surface area contributed by atoms with Gasteiger partial charge >= 0.3 is 12.1 Å². The third kappa shape index (κ3) is 5.03. The predicted octanol–water partition coefficient (Wildman–Crippen LogP) is 3.94. The zero-order valence-electron chi connectivity index (χ0n) is 19.7. The highest BCUT2D eigenvalue weighted by atomic mass is 16.5. The molecule has 0 saturated heterocycles. The van der Waals surface area contributed by atoms with Crippen LogP contribution in [0, 0.1) is 5.41 Å². The SMILES string of the molecule is CC(C)(C)C(NC(=O)c1conc1CNC(=O)OCC1c2ccccc2-c2ccccc21)C(=O)O. The lowest BCUT2D eigenvalue weighted by Crippen LogP contribution is -2.49. The zero-order valence-corrected chi connectivity index (χ0v) is 19.7. The van der Waals surface area contributed by atoms with Gasteiger partial charge in [-0.05, 0) is 27.7 Å². The molecule has 35 heavy (non-hydrogen) atoms. The second-order valence-electron chi connectivity index (χ2n) is 9.46. The number of hydrogen-bond acceptors (Lipinski definition) is 6. The lowest BCUT2D eigenvalue weighted by Gasteiger charge is -2.27. The molecule has 1 heterocycles. The van der Waals surface area contributed by atoms with Crippen molar-refractivity contribution in [1.29, 1.82) is 0 Å². The molecule has 1 aromatic heterocycles. The number of benzene rings is 2. The second kappa shape index (κ2) is 9.61. The number of aromatic nitrogens is 1. The van der Waals surface area contributed by atoms with E-state index in [4.69, 9.17) is 9.26 Å². The van der Waals surface area contributed by atoms with Crippen molar-refractivity contribution in [3.8, 4) is 11.1 Å².